The Bertz CT molecular complexity index is 1280. The highest BCUT2D eigenvalue weighted by atomic mass is 79.9. The molecule has 162 valence electrons. The first-order valence-corrected chi connectivity index (χ1v) is 10.9. The van der Waals surface area contributed by atoms with Gasteiger partial charge in [-0.2, -0.15) is 5.26 Å². The third-order valence-corrected chi connectivity index (χ3v) is 6.31. The zero-order valence-corrected chi connectivity index (χ0v) is 19.6. The number of aryl methyl sites for hydroxylation is 2. The maximum atomic E-state index is 12.7. The van der Waals surface area contributed by atoms with Crippen LogP contribution in [0.2, 0.25) is 0 Å². The number of rotatable bonds is 5. The van der Waals surface area contributed by atoms with Crippen LogP contribution in [0.3, 0.4) is 0 Å². The third-order valence-electron chi connectivity index (χ3n) is 5.42. The molecule has 3 aromatic rings. The summed E-state index contributed by atoms with van der Waals surface area (Å²) < 4.78 is 13.8. The lowest BCUT2D eigenvalue weighted by molar-refractivity contribution is -0.117. The summed E-state index contributed by atoms with van der Waals surface area (Å²) in [7, 11) is 0. The van der Waals surface area contributed by atoms with E-state index in [4.69, 9.17) is 9.47 Å². The van der Waals surface area contributed by atoms with Gasteiger partial charge in [-0.25, -0.2) is 0 Å². The Morgan fingerprint density at radius 1 is 1.16 bits per heavy atom. The van der Waals surface area contributed by atoms with Crippen LogP contribution in [0.25, 0.3) is 11.8 Å². The van der Waals surface area contributed by atoms with Crippen molar-refractivity contribution in [2.24, 2.45) is 0 Å². The smallest absolute Gasteiger partial charge is 0.262 e. The molecule has 4 rings (SSSR count). The highest BCUT2D eigenvalue weighted by molar-refractivity contribution is 9.10. The highest BCUT2D eigenvalue weighted by Crippen LogP contribution is 2.32. The topological polar surface area (TPSA) is 76.3 Å². The number of halogens is 1. The van der Waals surface area contributed by atoms with Crippen LogP contribution < -0.4 is 14.8 Å². The van der Waals surface area contributed by atoms with Crippen LogP contribution in [0, 0.1) is 32.1 Å². The van der Waals surface area contributed by atoms with Crippen molar-refractivity contribution in [2.75, 3.05) is 6.79 Å². The molecular formula is C25H22BrN3O3. The van der Waals surface area contributed by atoms with Crippen LogP contribution in [-0.4, -0.2) is 17.3 Å². The molecule has 2 aromatic carbocycles. The van der Waals surface area contributed by atoms with E-state index in [-0.39, 0.29) is 18.9 Å². The van der Waals surface area contributed by atoms with E-state index in [1.807, 2.05) is 63.2 Å². The molecule has 32 heavy (non-hydrogen) atoms. The molecule has 0 saturated carbocycles. The molecule has 0 fully saturated rings. The molecule has 0 unspecified atom stereocenters. The molecule has 7 heteroatoms. The number of hydrogen-bond acceptors (Lipinski definition) is 4. The number of nitrogens with zero attached hydrogens (tertiary/aromatic N) is 2. The van der Waals surface area contributed by atoms with Gasteiger partial charge in [0.15, 0.2) is 11.5 Å². The number of aromatic nitrogens is 1. The van der Waals surface area contributed by atoms with Crippen LogP contribution in [-0.2, 0) is 11.3 Å². The molecule has 1 amide bonds. The SMILES string of the molecule is Cc1cc(-n2c(C)cc(/C=C(\C#N)C(=O)NCc3ccc4c(c3)OCO4)c2C)ccc1Br. The molecule has 6 nitrogen and oxygen atoms in total. The minimum atomic E-state index is -0.422. The summed E-state index contributed by atoms with van der Waals surface area (Å²) in [6.45, 7) is 6.51. The van der Waals surface area contributed by atoms with E-state index in [2.05, 4.69) is 31.9 Å². The summed E-state index contributed by atoms with van der Waals surface area (Å²) in [5.41, 5.74) is 5.90. The average molecular weight is 492 g/mol. The second-order valence-corrected chi connectivity index (χ2v) is 8.49. The van der Waals surface area contributed by atoms with E-state index in [0.717, 1.165) is 38.2 Å². The van der Waals surface area contributed by atoms with E-state index in [1.165, 1.54) is 0 Å². The van der Waals surface area contributed by atoms with Crippen molar-refractivity contribution in [3.05, 3.63) is 80.6 Å². The van der Waals surface area contributed by atoms with E-state index in [9.17, 15) is 10.1 Å². The quantitative estimate of drug-likeness (QED) is 0.397. The zero-order valence-electron chi connectivity index (χ0n) is 18.0. The maximum absolute atomic E-state index is 12.7. The first-order valence-electron chi connectivity index (χ1n) is 10.1. The van der Waals surface area contributed by atoms with Crippen LogP contribution in [0.5, 0.6) is 11.5 Å². The molecular weight excluding hydrogens is 470 g/mol. The van der Waals surface area contributed by atoms with Crippen molar-refractivity contribution in [2.45, 2.75) is 27.3 Å². The molecule has 0 atom stereocenters. The molecule has 0 aliphatic carbocycles. The van der Waals surface area contributed by atoms with Crippen LogP contribution in [0.4, 0.5) is 0 Å². The van der Waals surface area contributed by atoms with E-state index < -0.39 is 5.91 Å². The summed E-state index contributed by atoms with van der Waals surface area (Å²) in [5.74, 6) is 0.923. The number of nitriles is 1. The monoisotopic (exact) mass is 491 g/mol. The van der Waals surface area contributed by atoms with E-state index >= 15 is 0 Å². The summed E-state index contributed by atoms with van der Waals surface area (Å²) in [4.78, 5) is 12.7. The maximum Gasteiger partial charge on any atom is 0.262 e. The molecule has 1 aliphatic rings. The molecule has 2 heterocycles. The number of amides is 1. The standard InChI is InChI=1S/C25H22BrN3O3/c1-15-8-21(5-6-22(15)26)29-16(2)9-19(17(29)3)11-20(12-27)25(30)28-13-18-4-7-23-24(10-18)32-14-31-23/h4-11H,13-14H2,1-3H3,(H,28,30)/b20-11+. The molecule has 0 bridgehead atoms. The third kappa shape index (κ3) is 4.27. The Morgan fingerprint density at radius 3 is 2.69 bits per heavy atom. The first-order chi connectivity index (χ1) is 15.4. The molecule has 1 aromatic heterocycles. The van der Waals surface area contributed by atoms with Gasteiger partial charge in [-0.15, -0.1) is 0 Å². The number of carbonyl (C=O) groups is 1. The number of carbonyl (C=O) groups excluding carboxylic acids is 1. The van der Waals surface area contributed by atoms with Gasteiger partial charge >= 0.3 is 0 Å². The van der Waals surface area contributed by atoms with Gasteiger partial charge in [-0.05, 0) is 79.9 Å². The summed E-state index contributed by atoms with van der Waals surface area (Å²) in [5, 5.41) is 12.4. The van der Waals surface area contributed by atoms with Gasteiger partial charge in [0.2, 0.25) is 6.79 Å². The lowest BCUT2D eigenvalue weighted by Gasteiger charge is -2.11. The second kappa shape index (κ2) is 8.93. The predicted molar refractivity (Wildman–Crippen MR) is 126 cm³/mol. The van der Waals surface area contributed by atoms with Crippen molar-refractivity contribution < 1.29 is 14.3 Å². The fraction of sp³-hybridized carbons (Fsp3) is 0.200. The fourth-order valence-corrected chi connectivity index (χ4v) is 3.98. The van der Waals surface area contributed by atoms with Crippen LogP contribution >= 0.6 is 15.9 Å². The Balaban J connectivity index is 1.54. The van der Waals surface area contributed by atoms with Crippen molar-refractivity contribution in [1.82, 2.24) is 9.88 Å². The van der Waals surface area contributed by atoms with Crippen molar-refractivity contribution in [3.63, 3.8) is 0 Å². The Morgan fingerprint density at radius 2 is 1.94 bits per heavy atom. The Hall–Kier alpha value is -3.50. The fourth-order valence-electron chi connectivity index (χ4n) is 3.73. The van der Waals surface area contributed by atoms with Crippen molar-refractivity contribution >= 4 is 27.9 Å². The summed E-state index contributed by atoms with van der Waals surface area (Å²) in [6.07, 6.45) is 1.64. The molecule has 0 radical (unpaired) electrons. The average Bonchev–Trinajstić information content (AvgIpc) is 3.35. The van der Waals surface area contributed by atoms with Gasteiger partial charge in [0.1, 0.15) is 11.6 Å². The minimum Gasteiger partial charge on any atom is -0.454 e. The van der Waals surface area contributed by atoms with Gasteiger partial charge in [-0.3, -0.25) is 4.79 Å². The van der Waals surface area contributed by atoms with Gasteiger partial charge in [-0.1, -0.05) is 22.0 Å². The predicted octanol–water partition coefficient (Wildman–Crippen LogP) is 5.12. The zero-order chi connectivity index (χ0) is 22.8. The number of fused-ring (bicyclic) bond motifs is 1. The minimum absolute atomic E-state index is 0.0537. The molecule has 1 aliphatic heterocycles. The molecule has 1 N–H and O–H groups in total. The van der Waals surface area contributed by atoms with Crippen molar-refractivity contribution in [3.8, 4) is 23.3 Å². The first kappa shape index (κ1) is 21.7. The van der Waals surface area contributed by atoms with Crippen LogP contribution in [0.15, 0.2) is 52.5 Å². The van der Waals surface area contributed by atoms with Gasteiger partial charge in [0.25, 0.3) is 5.91 Å². The molecule has 0 spiro atoms. The molecule has 0 saturated heterocycles. The summed E-state index contributed by atoms with van der Waals surface area (Å²) in [6, 6.07) is 15.7. The largest absolute Gasteiger partial charge is 0.454 e. The van der Waals surface area contributed by atoms with E-state index in [1.54, 1.807) is 6.08 Å². The highest BCUT2D eigenvalue weighted by Gasteiger charge is 2.16. The van der Waals surface area contributed by atoms with E-state index in [0.29, 0.717) is 11.5 Å². The Kier molecular flexibility index (Phi) is 6.06. The lowest BCUT2D eigenvalue weighted by atomic mass is 10.1. The van der Waals surface area contributed by atoms with Gasteiger partial charge < -0.3 is 19.4 Å². The number of hydrogen-bond donors (Lipinski definition) is 1. The number of ether oxygens (including phenoxy) is 2. The number of nitrogens with one attached hydrogen (secondary N) is 1. The lowest BCUT2D eigenvalue weighted by Crippen LogP contribution is -2.23. The van der Waals surface area contributed by atoms with Crippen LogP contribution in [0.1, 0.15) is 28.1 Å². The normalized spacial score (nSPS) is 12.5. The van der Waals surface area contributed by atoms with Gasteiger partial charge in [0.05, 0.1) is 0 Å². The summed E-state index contributed by atoms with van der Waals surface area (Å²) >= 11 is 3.54. The van der Waals surface area contributed by atoms with Crippen molar-refractivity contribution in [1.29, 1.82) is 5.26 Å². The number of benzene rings is 2. The second-order valence-electron chi connectivity index (χ2n) is 7.64. The van der Waals surface area contributed by atoms with Gasteiger partial charge in [0, 0.05) is 28.1 Å². The Labute approximate surface area is 195 Å².